The van der Waals surface area contributed by atoms with Gasteiger partial charge in [0.15, 0.2) is 0 Å². The van der Waals surface area contributed by atoms with Crippen LogP contribution in [0.1, 0.15) is 21.9 Å². The highest BCUT2D eigenvalue weighted by Gasteiger charge is 2.10. The molecule has 1 heterocycles. The highest BCUT2D eigenvalue weighted by atomic mass is 16.5. The molecule has 7 nitrogen and oxygen atoms in total. The third-order valence-electron chi connectivity index (χ3n) is 3.24. The quantitative estimate of drug-likeness (QED) is 0.752. The fourth-order valence-electron chi connectivity index (χ4n) is 1.98. The lowest BCUT2D eigenvalue weighted by molar-refractivity contribution is 0.0284. The summed E-state index contributed by atoms with van der Waals surface area (Å²) < 4.78 is 10.5. The smallest absolute Gasteiger partial charge is 0.270 e. The summed E-state index contributed by atoms with van der Waals surface area (Å²) in [6.45, 7) is 2.29. The van der Waals surface area contributed by atoms with E-state index in [2.05, 4.69) is 15.3 Å². The molecule has 0 radical (unpaired) electrons. The van der Waals surface area contributed by atoms with Gasteiger partial charge in [0.2, 0.25) is 0 Å². The third-order valence-corrected chi connectivity index (χ3v) is 3.24. The van der Waals surface area contributed by atoms with Gasteiger partial charge in [0.05, 0.1) is 26.4 Å². The van der Waals surface area contributed by atoms with Crippen molar-refractivity contribution in [3.8, 4) is 5.75 Å². The maximum Gasteiger partial charge on any atom is 0.270 e. The number of hydrogen-bond acceptors (Lipinski definition) is 6. The number of aliphatic hydroxyl groups excluding tert-OH is 1. The van der Waals surface area contributed by atoms with E-state index in [4.69, 9.17) is 9.47 Å². The first-order valence-electron chi connectivity index (χ1n) is 7.55. The summed E-state index contributed by atoms with van der Waals surface area (Å²) in [4.78, 5) is 19.8. The van der Waals surface area contributed by atoms with E-state index in [0.29, 0.717) is 12.4 Å². The Morgan fingerprint density at radius 1 is 1.29 bits per heavy atom. The molecular formula is C17H21N3O4. The standard InChI is InChI=1S/C17H21N3O4/c1-12-18-8-7-16(20-12)17(22)19-9-14(21)11-24-10-13-3-5-15(23-2)6-4-13/h3-8,14,21H,9-11H2,1-2H3,(H,19,22). The number of methoxy groups -OCH3 is 1. The van der Waals surface area contributed by atoms with E-state index >= 15 is 0 Å². The lowest BCUT2D eigenvalue weighted by Gasteiger charge is -2.12. The summed E-state index contributed by atoms with van der Waals surface area (Å²) in [6.07, 6.45) is 0.723. The molecule has 0 bridgehead atoms. The van der Waals surface area contributed by atoms with Gasteiger partial charge in [-0.2, -0.15) is 0 Å². The zero-order valence-electron chi connectivity index (χ0n) is 13.7. The first-order valence-corrected chi connectivity index (χ1v) is 7.55. The summed E-state index contributed by atoms with van der Waals surface area (Å²) in [5, 5.41) is 12.5. The molecule has 2 aromatic rings. The minimum Gasteiger partial charge on any atom is -0.497 e. The van der Waals surface area contributed by atoms with Crippen LogP contribution in [0.5, 0.6) is 5.75 Å². The van der Waals surface area contributed by atoms with Crippen molar-refractivity contribution >= 4 is 5.91 Å². The van der Waals surface area contributed by atoms with E-state index < -0.39 is 6.10 Å². The second-order valence-electron chi connectivity index (χ2n) is 5.22. The monoisotopic (exact) mass is 331 g/mol. The molecule has 0 saturated heterocycles. The van der Waals surface area contributed by atoms with Crippen molar-refractivity contribution in [3.63, 3.8) is 0 Å². The van der Waals surface area contributed by atoms with Gasteiger partial charge in [-0.3, -0.25) is 4.79 Å². The van der Waals surface area contributed by atoms with E-state index in [9.17, 15) is 9.90 Å². The number of benzene rings is 1. The molecule has 0 saturated carbocycles. The van der Waals surface area contributed by atoms with Gasteiger partial charge in [0.25, 0.3) is 5.91 Å². The van der Waals surface area contributed by atoms with Crippen LogP contribution < -0.4 is 10.1 Å². The van der Waals surface area contributed by atoms with Gasteiger partial charge in [0.1, 0.15) is 17.3 Å². The molecule has 0 fully saturated rings. The zero-order valence-corrected chi connectivity index (χ0v) is 13.7. The average molecular weight is 331 g/mol. The minimum atomic E-state index is -0.796. The number of nitrogens with one attached hydrogen (secondary N) is 1. The maximum atomic E-state index is 11.9. The van der Waals surface area contributed by atoms with Gasteiger partial charge < -0.3 is 19.9 Å². The molecule has 1 aromatic carbocycles. The van der Waals surface area contributed by atoms with E-state index in [-0.39, 0.29) is 24.8 Å². The van der Waals surface area contributed by atoms with Gasteiger partial charge in [0, 0.05) is 12.7 Å². The normalized spacial score (nSPS) is 11.8. The Morgan fingerprint density at radius 3 is 2.71 bits per heavy atom. The first-order chi connectivity index (χ1) is 11.6. The van der Waals surface area contributed by atoms with Crippen LogP contribution in [-0.4, -0.2) is 47.3 Å². The predicted molar refractivity (Wildman–Crippen MR) is 87.8 cm³/mol. The van der Waals surface area contributed by atoms with Crippen LogP contribution in [0, 0.1) is 6.92 Å². The number of ether oxygens (including phenoxy) is 2. The van der Waals surface area contributed by atoms with Crippen LogP contribution in [0.3, 0.4) is 0 Å². The van der Waals surface area contributed by atoms with E-state index in [1.807, 2.05) is 24.3 Å². The molecule has 2 rings (SSSR count). The van der Waals surface area contributed by atoms with Gasteiger partial charge in [-0.1, -0.05) is 12.1 Å². The van der Waals surface area contributed by atoms with Crippen LogP contribution >= 0.6 is 0 Å². The van der Waals surface area contributed by atoms with Gasteiger partial charge in [-0.25, -0.2) is 9.97 Å². The van der Waals surface area contributed by atoms with Gasteiger partial charge >= 0.3 is 0 Å². The first kappa shape index (κ1) is 17.8. The van der Waals surface area contributed by atoms with Crippen molar-refractivity contribution in [1.29, 1.82) is 0 Å². The summed E-state index contributed by atoms with van der Waals surface area (Å²) >= 11 is 0. The van der Waals surface area contributed by atoms with Gasteiger partial charge in [-0.15, -0.1) is 0 Å². The van der Waals surface area contributed by atoms with E-state index in [1.54, 1.807) is 14.0 Å². The number of nitrogens with zero attached hydrogens (tertiary/aromatic N) is 2. The summed E-state index contributed by atoms with van der Waals surface area (Å²) in [5.74, 6) is 0.946. The lowest BCUT2D eigenvalue weighted by atomic mass is 10.2. The van der Waals surface area contributed by atoms with Gasteiger partial charge in [-0.05, 0) is 30.7 Å². The summed E-state index contributed by atoms with van der Waals surface area (Å²) in [5.41, 5.74) is 1.25. The summed E-state index contributed by atoms with van der Waals surface area (Å²) in [7, 11) is 1.61. The van der Waals surface area contributed by atoms with E-state index in [0.717, 1.165) is 11.3 Å². The Labute approximate surface area is 140 Å². The number of rotatable bonds is 8. The largest absolute Gasteiger partial charge is 0.497 e. The van der Waals surface area contributed by atoms with Crippen LogP contribution in [0.25, 0.3) is 0 Å². The molecule has 128 valence electrons. The molecule has 1 unspecified atom stereocenters. The second-order valence-corrected chi connectivity index (χ2v) is 5.22. The van der Waals surface area contributed by atoms with Crippen LogP contribution in [0.4, 0.5) is 0 Å². The maximum absolute atomic E-state index is 11.9. The lowest BCUT2D eigenvalue weighted by Crippen LogP contribution is -2.35. The van der Waals surface area contributed by atoms with Crippen molar-refractivity contribution in [2.75, 3.05) is 20.3 Å². The molecule has 24 heavy (non-hydrogen) atoms. The number of carbonyl (C=O) groups excluding carboxylic acids is 1. The fourth-order valence-corrected chi connectivity index (χ4v) is 1.98. The molecule has 7 heteroatoms. The topological polar surface area (TPSA) is 93.6 Å². The molecule has 1 aromatic heterocycles. The van der Waals surface area contributed by atoms with Crippen molar-refractivity contribution in [2.45, 2.75) is 19.6 Å². The fraction of sp³-hybridized carbons (Fsp3) is 0.353. The van der Waals surface area contributed by atoms with Crippen LogP contribution in [0.15, 0.2) is 36.5 Å². The molecule has 0 aliphatic carbocycles. The molecule has 0 aliphatic heterocycles. The number of carbonyl (C=O) groups is 1. The Morgan fingerprint density at radius 2 is 2.04 bits per heavy atom. The second kappa shape index (κ2) is 8.95. The minimum absolute atomic E-state index is 0.0878. The Kier molecular flexibility index (Phi) is 6.65. The molecule has 0 aliphatic rings. The molecular weight excluding hydrogens is 310 g/mol. The van der Waals surface area contributed by atoms with Crippen molar-refractivity contribution < 1.29 is 19.4 Å². The zero-order chi connectivity index (χ0) is 17.4. The average Bonchev–Trinajstić information content (AvgIpc) is 2.60. The predicted octanol–water partition coefficient (Wildman–Crippen LogP) is 1.10. The Hall–Kier alpha value is -2.51. The molecule has 0 spiro atoms. The van der Waals surface area contributed by atoms with Crippen molar-refractivity contribution in [2.24, 2.45) is 0 Å². The molecule has 1 amide bonds. The van der Waals surface area contributed by atoms with Crippen molar-refractivity contribution in [1.82, 2.24) is 15.3 Å². The van der Waals surface area contributed by atoms with Crippen LogP contribution in [-0.2, 0) is 11.3 Å². The Bertz CT molecular complexity index is 661. The SMILES string of the molecule is COc1ccc(COCC(O)CNC(=O)c2ccnc(C)n2)cc1. The summed E-state index contributed by atoms with van der Waals surface area (Å²) in [6, 6.07) is 9.00. The number of aromatic nitrogens is 2. The number of aliphatic hydroxyl groups is 1. The number of amides is 1. The van der Waals surface area contributed by atoms with E-state index in [1.165, 1.54) is 12.3 Å². The number of hydrogen-bond donors (Lipinski definition) is 2. The third kappa shape index (κ3) is 5.60. The highest BCUT2D eigenvalue weighted by Crippen LogP contribution is 2.11. The number of aryl methyl sites for hydroxylation is 1. The highest BCUT2D eigenvalue weighted by molar-refractivity contribution is 5.92. The molecule has 1 atom stereocenters. The van der Waals surface area contributed by atoms with Crippen molar-refractivity contribution in [3.05, 3.63) is 53.6 Å². The molecule has 2 N–H and O–H groups in total. The Balaban J connectivity index is 1.69. The van der Waals surface area contributed by atoms with Crippen LogP contribution in [0.2, 0.25) is 0 Å².